The molecule has 11 nitrogen and oxygen atoms in total. The molecule has 2 aromatic carbocycles. The van der Waals surface area contributed by atoms with Crippen LogP contribution < -0.4 is 15.4 Å². The minimum Gasteiger partial charge on any atom is -0.410 e. The molecule has 3 amide bonds. The molecule has 4 rings (SSSR count). The van der Waals surface area contributed by atoms with E-state index in [1.54, 1.807) is 36.4 Å². The van der Waals surface area contributed by atoms with Crippen LogP contribution in [-0.2, 0) is 20.4 Å². The Morgan fingerprint density at radius 3 is 2.52 bits per heavy atom. The van der Waals surface area contributed by atoms with Crippen molar-refractivity contribution in [2.45, 2.75) is 29.0 Å². The average molecular weight is 590 g/mol. The number of halogens is 2. The summed E-state index contributed by atoms with van der Waals surface area (Å²) < 4.78 is 57.9. The first-order valence-corrected chi connectivity index (χ1v) is 14.2. The second-order valence-electron chi connectivity index (χ2n) is 8.65. The lowest BCUT2D eigenvalue weighted by molar-refractivity contribution is -0.131. The Labute approximate surface area is 231 Å². The SMILES string of the molecule is N#C[C@@H]1CC(F)(F)CN1C(=O)CNC(=O)c1csc(CS(=O)(=O)c2ccc(NC(=O)Oc3ccccc3)cc2)n1. The first-order chi connectivity index (χ1) is 19.0. The Balaban J connectivity index is 1.31. The van der Waals surface area contributed by atoms with E-state index in [1.807, 2.05) is 0 Å². The van der Waals surface area contributed by atoms with Crippen molar-refractivity contribution in [1.29, 1.82) is 5.26 Å². The minimum absolute atomic E-state index is 0.0456. The van der Waals surface area contributed by atoms with Crippen LogP contribution in [0.15, 0.2) is 64.9 Å². The van der Waals surface area contributed by atoms with E-state index in [9.17, 15) is 31.6 Å². The van der Waals surface area contributed by atoms with Crippen molar-refractivity contribution in [3.63, 3.8) is 0 Å². The number of anilines is 1. The molecule has 1 atom stereocenters. The third-order valence-corrected chi connectivity index (χ3v) is 8.33. The predicted molar refractivity (Wildman–Crippen MR) is 139 cm³/mol. The molecular weight excluding hydrogens is 568 g/mol. The van der Waals surface area contributed by atoms with Gasteiger partial charge in [0.25, 0.3) is 11.8 Å². The molecule has 15 heteroatoms. The van der Waals surface area contributed by atoms with Gasteiger partial charge >= 0.3 is 6.09 Å². The van der Waals surface area contributed by atoms with Gasteiger partial charge in [-0.2, -0.15) is 5.26 Å². The van der Waals surface area contributed by atoms with E-state index in [4.69, 9.17) is 10.00 Å². The van der Waals surface area contributed by atoms with E-state index in [2.05, 4.69) is 15.6 Å². The molecular formula is C25H21F2N5O6S2. The number of carbonyl (C=O) groups is 3. The van der Waals surface area contributed by atoms with E-state index in [-0.39, 0.29) is 15.6 Å². The summed E-state index contributed by atoms with van der Waals surface area (Å²) in [6, 6.07) is 14.1. The number of likely N-dealkylation sites (tertiary alicyclic amines) is 1. The molecule has 0 aliphatic carbocycles. The Morgan fingerprint density at radius 2 is 1.85 bits per heavy atom. The molecule has 1 saturated heterocycles. The summed E-state index contributed by atoms with van der Waals surface area (Å²) in [6.45, 7) is -1.54. The highest BCUT2D eigenvalue weighted by Crippen LogP contribution is 2.31. The van der Waals surface area contributed by atoms with Gasteiger partial charge in [-0.05, 0) is 36.4 Å². The van der Waals surface area contributed by atoms with E-state index in [1.165, 1.54) is 29.6 Å². The number of sulfone groups is 1. The fraction of sp³-hybridized carbons (Fsp3) is 0.240. The van der Waals surface area contributed by atoms with Gasteiger partial charge in [0.05, 0.1) is 24.1 Å². The number of nitrogens with zero attached hydrogens (tertiary/aromatic N) is 3. The number of nitrogens with one attached hydrogen (secondary N) is 2. The molecule has 40 heavy (non-hydrogen) atoms. The van der Waals surface area contributed by atoms with Crippen LogP contribution in [0.25, 0.3) is 0 Å². The summed E-state index contributed by atoms with van der Waals surface area (Å²) in [7, 11) is -3.87. The van der Waals surface area contributed by atoms with E-state index in [0.717, 1.165) is 11.3 Å². The zero-order valence-corrected chi connectivity index (χ0v) is 22.2. The normalized spacial score (nSPS) is 16.1. The number of aromatic nitrogens is 1. The van der Waals surface area contributed by atoms with Gasteiger partial charge in [-0.3, -0.25) is 14.9 Å². The lowest BCUT2D eigenvalue weighted by Crippen LogP contribution is -2.43. The largest absolute Gasteiger partial charge is 0.417 e. The third-order valence-electron chi connectivity index (χ3n) is 5.65. The van der Waals surface area contributed by atoms with Gasteiger partial charge in [-0.15, -0.1) is 11.3 Å². The van der Waals surface area contributed by atoms with Gasteiger partial charge in [0, 0.05) is 17.5 Å². The first-order valence-electron chi connectivity index (χ1n) is 11.6. The van der Waals surface area contributed by atoms with Gasteiger partial charge in [0.1, 0.15) is 28.2 Å². The monoisotopic (exact) mass is 589 g/mol. The summed E-state index contributed by atoms with van der Waals surface area (Å²) >= 11 is 0.913. The average Bonchev–Trinajstić information content (AvgIpc) is 3.50. The number of thiazole rings is 1. The number of carbonyl (C=O) groups excluding carboxylic acids is 3. The molecule has 3 aromatic rings. The van der Waals surface area contributed by atoms with Crippen molar-refractivity contribution in [3.8, 4) is 11.8 Å². The van der Waals surface area contributed by atoms with Crippen molar-refractivity contribution in [1.82, 2.24) is 15.2 Å². The van der Waals surface area contributed by atoms with Gasteiger partial charge in [-0.1, -0.05) is 18.2 Å². The number of ether oxygens (including phenoxy) is 1. The van der Waals surface area contributed by atoms with Crippen molar-refractivity contribution in [2.24, 2.45) is 0 Å². The maximum Gasteiger partial charge on any atom is 0.417 e. The molecule has 208 valence electrons. The number of benzene rings is 2. The lowest BCUT2D eigenvalue weighted by atomic mass is 10.2. The molecule has 2 heterocycles. The topological polar surface area (TPSA) is 159 Å². The zero-order chi connectivity index (χ0) is 28.9. The summed E-state index contributed by atoms with van der Waals surface area (Å²) in [5.74, 6) is -5.00. The number of nitriles is 1. The number of hydrogen-bond acceptors (Lipinski definition) is 9. The Kier molecular flexibility index (Phi) is 8.40. The number of hydrogen-bond donors (Lipinski definition) is 2. The maximum absolute atomic E-state index is 13.5. The van der Waals surface area contributed by atoms with E-state index < -0.39 is 65.0 Å². The molecule has 0 bridgehead atoms. The van der Waals surface area contributed by atoms with Gasteiger partial charge in [0.2, 0.25) is 5.91 Å². The predicted octanol–water partition coefficient (Wildman–Crippen LogP) is 3.22. The number of para-hydroxylation sites is 1. The summed E-state index contributed by atoms with van der Waals surface area (Å²) in [5.41, 5.74) is 0.157. The van der Waals surface area contributed by atoms with Crippen LogP contribution in [0.5, 0.6) is 5.75 Å². The van der Waals surface area contributed by atoms with E-state index >= 15 is 0 Å². The first kappa shape index (κ1) is 28.6. The maximum atomic E-state index is 13.5. The molecule has 0 unspecified atom stereocenters. The van der Waals surface area contributed by atoms with Crippen LogP contribution in [0, 0.1) is 11.3 Å². The Morgan fingerprint density at radius 1 is 1.15 bits per heavy atom. The fourth-order valence-electron chi connectivity index (χ4n) is 3.75. The Bertz CT molecular complexity index is 1560. The second-order valence-corrected chi connectivity index (χ2v) is 11.6. The third kappa shape index (κ3) is 7.16. The fourth-order valence-corrected chi connectivity index (χ4v) is 6.16. The van der Waals surface area contributed by atoms with Crippen LogP contribution in [0.2, 0.25) is 0 Å². The smallest absolute Gasteiger partial charge is 0.410 e. The van der Waals surface area contributed by atoms with Crippen LogP contribution >= 0.6 is 11.3 Å². The molecule has 1 fully saturated rings. The van der Waals surface area contributed by atoms with Crippen LogP contribution in [0.4, 0.5) is 19.3 Å². The highest BCUT2D eigenvalue weighted by atomic mass is 32.2. The molecule has 1 aliphatic heterocycles. The van der Waals surface area contributed by atoms with Gasteiger partial charge in [0.15, 0.2) is 9.84 Å². The number of rotatable bonds is 8. The minimum atomic E-state index is -3.87. The highest BCUT2D eigenvalue weighted by molar-refractivity contribution is 7.90. The lowest BCUT2D eigenvalue weighted by Gasteiger charge is -2.19. The van der Waals surface area contributed by atoms with Gasteiger partial charge in [-0.25, -0.2) is 27.0 Å². The number of alkyl halides is 2. The van der Waals surface area contributed by atoms with Crippen LogP contribution in [0.1, 0.15) is 21.9 Å². The summed E-state index contributed by atoms with van der Waals surface area (Å²) in [4.78, 5) is 41.3. The number of amides is 3. The summed E-state index contributed by atoms with van der Waals surface area (Å²) in [5, 5.41) is 15.2. The quantitative estimate of drug-likeness (QED) is 0.405. The van der Waals surface area contributed by atoms with E-state index in [0.29, 0.717) is 16.3 Å². The zero-order valence-electron chi connectivity index (χ0n) is 20.5. The summed E-state index contributed by atoms with van der Waals surface area (Å²) in [6.07, 6.45) is -1.52. The molecule has 0 radical (unpaired) electrons. The molecule has 1 aromatic heterocycles. The molecule has 0 saturated carbocycles. The van der Waals surface area contributed by atoms with Crippen LogP contribution in [-0.4, -0.2) is 61.3 Å². The van der Waals surface area contributed by atoms with Crippen LogP contribution in [0.3, 0.4) is 0 Å². The molecule has 2 N–H and O–H groups in total. The molecule has 1 aliphatic rings. The van der Waals surface area contributed by atoms with Crippen molar-refractivity contribution in [2.75, 3.05) is 18.4 Å². The second kappa shape index (κ2) is 11.8. The van der Waals surface area contributed by atoms with Crippen molar-refractivity contribution in [3.05, 3.63) is 70.7 Å². The van der Waals surface area contributed by atoms with Crippen molar-refractivity contribution < 1.29 is 36.3 Å². The van der Waals surface area contributed by atoms with Gasteiger partial charge < -0.3 is 15.0 Å². The standard InChI is InChI=1S/C25H21F2N5O6S2/c26-25(27)10-17(11-28)32(15-25)22(33)12-29-23(34)20-13-39-21(31-20)14-40(36,37)19-8-6-16(7-9-19)30-24(35)38-18-4-2-1-3-5-18/h1-9,13,17H,10,12,14-15H2,(H,29,34)(H,30,35)/t17-/m0/s1. The highest BCUT2D eigenvalue weighted by Gasteiger charge is 2.47. The Hall–Kier alpha value is -4.42. The van der Waals surface area contributed by atoms with Crippen molar-refractivity contribution >= 4 is 44.8 Å². The molecule has 0 spiro atoms.